The second-order valence-electron chi connectivity index (χ2n) is 6.16. The Morgan fingerprint density at radius 2 is 2.04 bits per heavy atom. The molecule has 0 spiro atoms. The van der Waals surface area contributed by atoms with Crippen LogP contribution in [0.5, 0.6) is 5.75 Å². The lowest BCUT2D eigenvalue weighted by Crippen LogP contribution is -2.17. The van der Waals surface area contributed by atoms with Crippen molar-refractivity contribution in [1.29, 1.82) is 0 Å². The average Bonchev–Trinajstić information content (AvgIpc) is 2.99. The van der Waals surface area contributed by atoms with Crippen LogP contribution >= 0.6 is 27.3 Å². The standard InChI is InChI=1S/C19H17BrF2N2O3S/c20-11-6-7-13(27-19(21)22)10(9-11)5-8-15(25)24-18-16(17(23)26)12-3-1-2-4-14(12)28-18/h5-9,19H,1-4H2,(H2,23,26)(H,24,25). The van der Waals surface area contributed by atoms with Crippen molar-refractivity contribution in [1.82, 2.24) is 0 Å². The van der Waals surface area contributed by atoms with Crippen molar-refractivity contribution < 1.29 is 23.1 Å². The van der Waals surface area contributed by atoms with Crippen LogP contribution in [-0.4, -0.2) is 18.4 Å². The lowest BCUT2D eigenvalue weighted by atomic mass is 9.95. The molecule has 0 saturated heterocycles. The molecule has 0 radical (unpaired) electrons. The van der Waals surface area contributed by atoms with Gasteiger partial charge in [0.2, 0.25) is 5.91 Å². The van der Waals surface area contributed by atoms with Crippen molar-refractivity contribution in [2.75, 3.05) is 5.32 Å². The first-order valence-corrected chi connectivity index (χ1v) is 10.1. The summed E-state index contributed by atoms with van der Waals surface area (Å²) in [4.78, 5) is 25.3. The van der Waals surface area contributed by atoms with Crippen molar-refractivity contribution in [2.45, 2.75) is 32.3 Å². The molecule has 1 aliphatic rings. The quantitative estimate of drug-likeness (QED) is 0.598. The number of hydrogen-bond donors (Lipinski definition) is 2. The summed E-state index contributed by atoms with van der Waals surface area (Å²) < 4.78 is 30.2. The first-order chi connectivity index (χ1) is 13.3. The summed E-state index contributed by atoms with van der Waals surface area (Å²) in [5.74, 6) is -1.12. The normalized spacial score (nSPS) is 13.6. The molecule has 5 nitrogen and oxygen atoms in total. The molecule has 0 fully saturated rings. The van der Waals surface area contributed by atoms with Gasteiger partial charge in [-0.1, -0.05) is 15.9 Å². The Hall–Kier alpha value is -2.26. The highest BCUT2D eigenvalue weighted by molar-refractivity contribution is 9.10. The van der Waals surface area contributed by atoms with Crippen molar-refractivity contribution in [2.24, 2.45) is 5.73 Å². The van der Waals surface area contributed by atoms with Gasteiger partial charge in [-0.25, -0.2) is 0 Å². The van der Waals surface area contributed by atoms with Gasteiger partial charge in [-0.15, -0.1) is 11.3 Å². The van der Waals surface area contributed by atoms with Gasteiger partial charge in [-0.2, -0.15) is 8.78 Å². The molecule has 9 heteroatoms. The largest absolute Gasteiger partial charge is 0.434 e. The number of nitrogens with one attached hydrogen (secondary N) is 1. The second kappa shape index (κ2) is 8.83. The molecule has 3 rings (SSSR count). The summed E-state index contributed by atoms with van der Waals surface area (Å²) in [6.07, 6.45) is 6.21. The number of benzene rings is 1. The van der Waals surface area contributed by atoms with Crippen LogP contribution in [-0.2, 0) is 17.6 Å². The molecule has 2 aromatic rings. The van der Waals surface area contributed by atoms with E-state index in [1.54, 1.807) is 12.1 Å². The SMILES string of the molecule is NC(=O)c1c(NC(=O)C=Cc2cc(Br)ccc2OC(F)F)sc2c1CCCC2. The van der Waals surface area contributed by atoms with Gasteiger partial charge in [-0.05, 0) is 55.5 Å². The van der Waals surface area contributed by atoms with E-state index in [-0.39, 0.29) is 5.75 Å². The van der Waals surface area contributed by atoms with E-state index in [1.807, 2.05) is 0 Å². The zero-order valence-corrected chi connectivity index (χ0v) is 17.0. The van der Waals surface area contributed by atoms with Crippen molar-refractivity contribution in [3.05, 3.63) is 50.3 Å². The fourth-order valence-corrected chi connectivity index (χ4v) is 4.76. The van der Waals surface area contributed by atoms with Gasteiger partial charge >= 0.3 is 6.61 Å². The number of amides is 2. The van der Waals surface area contributed by atoms with Gasteiger partial charge < -0.3 is 15.8 Å². The van der Waals surface area contributed by atoms with Crippen LogP contribution in [0.4, 0.5) is 13.8 Å². The van der Waals surface area contributed by atoms with Gasteiger partial charge in [0.05, 0.1) is 5.56 Å². The molecular formula is C19H17BrF2N2O3S. The van der Waals surface area contributed by atoms with Crippen LogP contribution in [0.2, 0.25) is 0 Å². The summed E-state index contributed by atoms with van der Waals surface area (Å²) in [5.41, 5.74) is 7.11. The predicted molar refractivity (Wildman–Crippen MR) is 108 cm³/mol. The monoisotopic (exact) mass is 470 g/mol. The minimum Gasteiger partial charge on any atom is -0.434 e. The van der Waals surface area contributed by atoms with Crippen molar-refractivity contribution in [3.63, 3.8) is 0 Å². The highest BCUT2D eigenvalue weighted by atomic mass is 79.9. The molecule has 0 atom stereocenters. The molecule has 0 unspecified atom stereocenters. The maximum absolute atomic E-state index is 12.5. The lowest BCUT2D eigenvalue weighted by Gasteiger charge is -2.11. The predicted octanol–water partition coefficient (Wildman–Crippen LogP) is 4.74. The van der Waals surface area contributed by atoms with E-state index in [4.69, 9.17) is 5.73 Å². The van der Waals surface area contributed by atoms with E-state index in [2.05, 4.69) is 26.0 Å². The van der Waals surface area contributed by atoms with Crippen molar-refractivity contribution in [3.8, 4) is 5.75 Å². The summed E-state index contributed by atoms with van der Waals surface area (Å²) in [7, 11) is 0. The first-order valence-electron chi connectivity index (χ1n) is 8.53. The number of halogens is 3. The second-order valence-corrected chi connectivity index (χ2v) is 8.18. The smallest absolute Gasteiger partial charge is 0.387 e. The van der Waals surface area contributed by atoms with Gasteiger partial charge in [-0.3, -0.25) is 9.59 Å². The Morgan fingerprint density at radius 3 is 2.75 bits per heavy atom. The highest BCUT2D eigenvalue weighted by Gasteiger charge is 2.24. The third-order valence-corrected chi connectivity index (χ3v) is 5.96. The zero-order valence-electron chi connectivity index (χ0n) is 14.6. The number of hydrogen-bond acceptors (Lipinski definition) is 4. The molecule has 1 heterocycles. The molecule has 2 amide bonds. The molecule has 148 valence electrons. The van der Waals surface area contributed by atoms with Crippen LogP contribution in [0, 0.1) is 0 Å². The summed E-state index contributed by atoms with van der Waals surface area (Å²) >= 11 is 4.61. The third kappa shape index (κ3) is 4.77. The highest BCUT2D eigenvalue weighted by Crippen LogP contribution is 2.38. The number of rotatable bonds is 6. The molecule has 3 N–H and O–H groups in total. The topological polar surface area (TPSA) is 81.4 Å². The van der Waals surface area contributed by atoms with E-state index in [0.29, 0.717) is 20.6 Å². The van der Waals surface area contributed by atoms with Crippen LogP contribution < -0.4 is 15.8 Å². The van der Waals surface area contributed by atoms with E-state index in [9.17, 15) is 18.4 Å². The van der Waals surface area contributed by atoms with Gasteiger partial charge in [0.25, 0.3) is 5.91 Å². The average molecular weight is 471 g/mol. The number of alkyl halides is 2. The molecule has 1 aromatic carbocycles. The van der Waals surface area contributed by atoms with E-state index >= 15 is 0 Å². The number of carbonyl (C=O) groups excluding carboxylic acids is 2. The number of thiophene rings is 1. The van der Waals surface area contributed by atoms with Crippen LogP contribution in [0.25, 0.3) is 6.08 Å². The fraction of sp³-hybridized carbons (Fsp3) is 0.263. The van der Waals surface area contributed by atoms with Gasteiger partial charge in [0.15, 0.2) is 0 Å². The Morgan fingerprint density at radius 1 is 1.29 bits per heavy atom. The third-order valence-electron chi connectivity index (χ3n) is 4.26. The first kappa shape index (κ1) is 20.5. The number of aryl methyl sites for hydroxylation is 1. The van der Waals surface area contributed by atoms with Crippen LogP contribution in [0.3, 0.4) is 0 Å². The maximum Gasteiger partial charge on any atom is 0.387 e. The Kier molecular flexibility index (Phi) is 6.46. The Labute approximate surface area is 172 Å². The molecule has 1 aliphatic carbocycles. The van der Waals surface area contributed by atoms with Gasteiger partial charge in [0.1, 0.15) is 10.8 Å². The molecule has 0 saturated carbocycles. The zero-order chi connectivity index (χ0) is 20.3. The Balaban J connectivity index is 1.81. The summed E-state index contributed by atoms with van der Waals surface area (Å²) in [6.45, 7) is -2.97. The summed E-state index contributed by atoms with van der Waals surface area (Å²) in [5, 5.41) is 3.11. The van der Waals surface area contributed by atoms with Crippen LogP contribution in [0.1, 0.15) is 39.2 Å². The van der Waals surface area contributed by atoms with E-state index in [1.165, 1.54) is 29.6 Å². The minimum absolute atomic E-state index is 0.0494. The number of fused-ring (bicyclic) bond motifs is 1. The molecule has 0 aliphatic heterocycles. The van der Waals surface area contributed by atoms with E-state index in [0.717, 1.165) is 36.1 Å². The number of primary amides is 1. The Bertz CT molecular complexity index is 944. The number of carbonyl (C=O) groups is 2. The molecule has 1 aromatic heterocycles. The number of nitrogens with two attached hydrogens (primary N) is 1. The van der Waals surface area contributed by atoms with Crippen molar-refractivity contribution >= 4 is 50.2 Å². The minimum atomic E-state index is -2.97. The maximum atomic E-state index is 12.5. The fourth-order valence-electron chi connectivity index (χ4n) is 3.09. The molecule has 0 bridgehead atoms. The molecular weight excluding hydrogens is 454 g/mol. The number of anilines is 1. The van der Waals surface area contributed by atoms with E-state index < -0.39 is 18.4 Å². The number of ether oxygens (including phenoxy) is 1. The molecule has 28 heavy (non-hydrogen) atoms. The lowest BCUT2D eigenvalue weighted by molar-refractivity contribution is -0.111. The van der Waals surface area contributed by atoms with Gasteiger partial charge in [0, 0.05) is 21.0 Å². The summed E-state index contributed by atoms with van der Waals surface area (Å²) in [6, 6.07) is 4.50. The van der Waals surface area contributed by atoms with Crippen LogP contribution in [0.15, 0.2) is 28.7 Å².